The summed E-state index contributed by atoms with van der Waals surface area (Å²) in [6.07, 6.45) is 1.62. The second-order valence-corrected chi connectivity index (χ2v) is 5.39. The molecule has 0 spiro atoms. The third-order valence-electron chi connectivity index (χ3n) is 3.52. The van der Waals surface area contributed by atoms with Gasteiger partial charge in [-0.1, -0.05) is 17.3 Å². The molecule has 124 valence electrons. The van der Waals surface area contributed by atoms with E-state index >= 15 is 0 Å². The highest BCUT2D eigenvalue weighted by Crippen LogP contribution is 2.28. The molecule has 0 radical (unpaired) electrons. The monoisotopic (exact) mass is 336 g/mol. The molecular formula is C18H13FN4O2. The van der Waals surface area contributed by atoms with Crippen LogP contribution in [0.25, 0.3) is 22.8 Å². The van der Waals surface area contributed by atoms with E-state index in [9.17, 15) is 4.39 Å². The summed E-state index contributed by atoms with van der Waals surface area (Å²) in [5, 5.41) is 6.78. The lowest BCUT2D eigenvalue weighted by atomic mass is 10.1. The van der Waals surface area contributed by atoms with Crippen LogP contribution in [-0.4, -0.2) is 15.1 Å². The van der Waals surface area contributed by atoms with Crippen molar-refractivity contribution < 1.29 is 13.3 Å². The third-order valence-corrected chi connectivity index (χ3v) is 3.52. The Morgan fingerprint density at radius 1 is 1.04 bits per heavy atom. The molecule has 1 N–H and O–H groups in total. The number of aromatic nitrogens is 3. The minimum Gasteiger partial charge on any atom is -0.423 e. The SMILES string of the molecule is Cc1noc(-c2cccc(-c3cnc(Nc4ccc(F)cc4)o3)c2)n1. The molecule has 7 heteroatoms. The molecule has 0 aliphatic rings. The first-order valence-corrected chi connectivity index (χ1v) is 7.57. The summed E-state index contributed by atoms with van der Waals surface area (Å²) in [6, 6.07) is 13.8. The van der Waals surface area contributed by atoms with Crippen LogP contribution in [-0.2, 0) is 0 Å². The predicted molar refractivity (Wildman–Crippen MR) is 89.7 cm³/mol. The Kier molecular flexibility index (Phi) is 3.74. The van der Waals surface area contributed by atoms with Gasteiger partial charge in [-0.15, -0.1) is 0 Å². The number of hydrogen-bond acceptors (Lipinski definition) is 6. The van der Waals surface area contributed by atoms with Crippen LogP contribution >= 0.6 is 0 Å². The number of benzene rings is 2. The van der Waals surface area contributed by atoms with Gasteiger partial charge < -0.3 is 14.3 Å². The molecule has 0 unspecified atom stereocenters. The Hall–Kier alpha value is -3.48. The fourth-order valence-corrected chi connectivity index (χ4v) is 2.34. The molecule has 0 aliphatic carbocycles. The molecule has 6 nitrogen and oxygen atoms in total. The number of hydrogen-bond donors (Lipinski definition) is 1. The van der Waals surface area contributed by atoms with E-state index in [1.54, 1.807) is 25.3 Å². The maximum Gasteiger partial charge on any atom is 0.299 e. The normalized spacial score (nSPS) is 10.8. The van der Waals surface area contributed by atoms with Gasteiger partial charge in [0.2, 0.25) is 0 Å². The molecule has 0 aliphatic heterocycles. The van der Waals surface area contributed by atoms with Gasteiger partial charge in [-0.2, -0.15) is 4.98 Å². The summed E-state index contributed by atoms with van der Waals surface area (Å²) in [7, 11) is 0. The summed E-state index contributed by atoms with van der Waals surface area (Å²) in [4.78, 5) is 8.41. The second-order valence-electron chi connectivity index (χ2n) is 5.39. The smallest absolute Gasteiger partial charge is 0.299 e. The highest BCUT2D eigenvalue weighted by atomic mass is 19.1. The Morgan fingerprint density at radius 2 is 1.84 bits per heavy atom. The summed E-state index contributed by atoms with van der Waals surface area (Å²) < 4.78 is 23.8. The highest BCUT2D eigenvalue weighted by Gasteiger charge is 2.11. The Morgan fingerprint density at radius 3 is 2.60 bits per heavy atom. The van der Waals surface area contributed by atoms with Gasteiger partial charge in [0, 0.05) is 16.8 Å². The molecule has 0 saturated carbocycles. The van der Waals surface area contributed by atoms with E-state index in [0.29, 0.717) is 29.2 Å². The van der Waals surface area contributed by atoms with Crippen molar-refractivity contribution in [1.29, 1.82) is 0 Å². The molecule has 2 aromatic heterocycles. The van der Waals surface area contributed by atoms with Gasteiger partial charge in [-0.05, 0) is 43.3 Å². The number of nitrogens with one attached hydrogen (secondary N) is 1. The summed E-state index contributed by atoms with van der Waals surface area (Å²) in [5.74, 6) is 1.31. The molecule has 2 aromatic carbocycles. The van der Waals surface area contributed by atoms with Crippen molar-refractivity contribution in [2.75, 3.05) is 5.32 Å². The van der Waals surface area contributed by atoms with Crippen molar-refractivity contribution in [3.05, 3.63) is 66.4 Å². The van der Waals surface area contributed by atoms with Gasteiger partial charge in [0.15, 0.2) is 11.6 Å². The fourth-order valence-electron chi connectivity index (χ4n) is 2.34. The Labute approximate surface area is 142 Å². The zero-order valence-electron chi connectivity index (χ0n) is 13.2. The van der Waals surface area contributed by atoms with Crippen molar-refractivity contribution in [3.8, 4) is 22.8 Å². The zero-order chi connectivity index (χ0) is 17.2. The van der Waals surface area contributed by atoms with Crippen molar-refractivity contribution in [1.82, 2.24) is 15.1 Å². The van der Waals surface area contributed by atoms with Crippen molar-refractivity contribution in [2.24, 2.45) is 0 Å². The standard InChI is InChI=1S/C18H13FN4O2/c1-11-21-17(25-23-11)13-4-2-3-12(9-13)16-10-20-18(24-16)22-15-7-5-14(19)6-8-15/h2-10H,1H3,(H,20,22). The van der Waals surface area contributed by atoms with E-state index in [-0.39, 0.29) is 5.82 Å². The maximum absolute atomic E-state index is 12.9. The molecule has 0 atom stereocenters. The van der Waals surface area contributed by atoms with Crippen molar-refractivity contribution in [2.45, 2.75) is 6.92 Å². The maximum atomic E-state index is 12.9. The number of nitrogens with zero attached hydrogens (tertiary/aromatic N) is 3. The van der Waals surface area contributed by atoms with E-state index < -0.39 is 0 Å². The lowest BCUT2D eigenvalue weighted by Gasteiger charge is -2.01. The molecule has 2 heterocycles. The molecule has 0 saturated heterocycles. The fraction of sp³-hybridized carbons (Fsp3) is 0.0556. The molecular weight excluding hydrogens is 323 g/mol. The molecule has 0 bridgehead atoms. The highest BCUT2D eigenvalue weighted by molar-refractivity contribution is 5.66. The van der Waals surface area contributed by atoms with Crippen molar-refractivity contribution >= 4 is 11.7 Å². The first-order valence-electron chi connectivity index (χ1n) is 7.57. The number of rotatable bonds is 4. The molecule has 25 heavy (non-hydrogen) atoms. The summed E-state index contributed by atoms with van der Waals surface area (Å²) in [6.45, 7) is 1.76. The van der Waals surface area contributed by atoms with Crippen LogP contribution in [0.1, 0.15) is 5.82 Å². The minimum atomic E-state index is -0.299. The first-order chi connectivity index (χ1) is 12.2. The number of aryl methyl sites for hydroxylation is 1. The molecule has 0 fully saturated rings. The van der Waals surface area contributed by atoms with E-state index in [1.807, 2.05) is 24.3 Å². The molecule has 4 rings (SSSR count). The van der Waals surface area contributed by atoms with Crippen LogP contribution in [0.5, 0.6) is 0 Å². The quantitative estimate of drug-likeness (QED) is 0.588. The van der Waals surface area contributed by atoms with Gasteiger partial charge >= 0.3 is 0 Å². The average Bonchev–Trinajstić information content (AvgIpc) is 3.26. The minimum absolute atomic E-state index is 0.299. The van der Waals surface area contributed by atoms with E-state index in [2.05, 4.69) is 20.4 Å². The number of oxazole rings is 1. The van der Waals surface area contributed by atoms with Gasteiger partial charge in [0.05, 0.1) is 6.20 Å². The van der Waals surface area contributed by atoms with Crippen LogP contribution < -0.4 is 5.32 Å². The van der Waals surface area contributed by atoms with Gasteiger partial charge in [-0.3, -0.25) is 0 Å². The number of anilines is 2. The Bertz CT molecular complexity index is 1010. The van der Waals surface area contributed by atoms with E-state index in [4.69, 9.17) is 8.94 Å². The van der Waals surface area contributed by atoms with Crippen molar-refractivity contribution in [3.63, 3.8) is 0 Å². The van der Waals surface area contributed by atoms with Crippen LogP contribution in [0.4, 0.5) is 16.1 Å². The van der Waals surface area contributed by atoms with E-state index in [1.165, 1.54) is 12.1 Å². The topological polar surface area (TPSA) is 77.0 Å². The predicted octanol–water partition coefficient (Wildman–Crippen LogP) is 4.58. The largest absolute Gasteiger partial charge is 0.423 e. The molecule has 4 aromatic rings. The molecule has 0 amide bonds. The lowest BCUT2D eigenvalue weighted by Crippen LogP contribution is -1.89. The lowest BCUT2D eigenvalue weighted by molar-refractivity contribution is 0.425. The zero-order valence-corrected chi connectivity index (χ0v) is 13.2. The summed E-state index contributed by atoms with van der Waals surface area (Å²) >= 11 is 0. The van der Waals surface area contributed by atoms with Crippen LogP contribution in [0.2, 0.25) is 0 Å². The van der Waals surface area contributed by atoms with E-state index in [0.717, 1.165) is 11.1 Å². The van der Waals surface area contributed by atoms with Crippen LogP contribution in [0.15, 0.2) is 63.7 Å². The second kappa shape index (κ2) is 6.20. The van der Waals surface area contributed by atoms with Crippen LogP contribution in [0.3, 0.4) is 0 Å². The van der Waals surface area contributed by atoms with Gasteiger partial charge in [-0.25, -0.2) is 9.37 Å². The third kappa shape index (κ3) is 3.25. The summed E-state index contributed by atoms with van der Waals surface area (Å²) in [5.41, 5.74) is 2.31. The average molecular weight is 336 g/mol. The Balaban J connectivity index is 1.58. The van der Waals surface area contributed by atoms with Gasteiger partial charge in [0.1, 0.15) is 5.82 Å². The number of halogens is 1. The first kappa shape index (κ1) is 15.1. The van der Waals surface area contributed by atoms with Gasteiger partial charge in [0.25, 0.3) is 11.9 Å². The van der Waals surface area contributed by atoms with Crippen LogP contribution in [0, 0.1) is 12.7 Å².